The first-order valence-electron chi connectivity index (χ1n) is 15.0. The van der Waals surface area contributed by atoms with Crippen molar-refractivity contribution in [2.45, 2.75) is 70.1 Å². The summed E-state index contributed by atoms with van der Waals surface area (Å²) in [7, 11) is 0. The molecule has 8 nitrogen and oxygen atoms in total. The molecule has 3 fully saturated rings. The molecule has 44 heavy (non-hydrogen) atoms. The lowest BCUT2D eigenvalue weighted by Gasteiger charge is -2.47. The minimum atomic E-state index is -3.01. The zero-order valence-electron chi connectivity index (χ0n) is 24.8. The number of hydrogen-bond donors (Lipinski definition) is 0. The molecular formula is C32H36F4N4O4. The molecular weight excluding hydrogens is 580 g/mol. The number of halogens is 4. The van der Waals surface area contributed by atoms with Gasteiger partial charge >= 0.3 is 12.1 Å². The van der Waals surface area contributed by atoms with Crippen molar-refractivity contribution in [3.63, 3.8) is 0 Å². The predicted molar refractivity (Wildman–Crippen MR) is 155 cm³/mol. The Morgan fingerprint density at radius 2 is 1.89 bits per heavy atom. The van der Waals surface area contributed by atoms with Gasteiger partial charge in [0.2, 0.25) is 0 Å². The number of amides is 1. The molecule has 236 valence electrons. The van der Waals surface area contributed by atoms with E-state index in [0.717, 1.165) is 30.9 Å². The number of nitrogens with zero attached hydrogens (tertiary/aromatic N) is 4. The van der Waals surface area contributed by atoms with E-state index in [1.807, 2.05) is 49.1 Å². The molecule has 2 bridgehead atoms. The van der Waals surface area contributed by atoms with Crippen LogP contribution in [-0.2, 0) is 16.1 Å². The number of anilines is 1. The van der Waals surface area contributed by atoms with Crippen LogP contribution >= 0.6 is 0 Å². The molecule has 12 heteroatoms. The summed E-state index contributed by atoms with van der Waals surface area (Å²) in [6.07, 6.45) is 2.32. The van der Waals surface area contributed by atoms with Crippen molar-refractivity contribution in [1.82, 2.24) is 14.9 Å². The van der Waals surface area contributed by atoms with E-state index in [2.05, 4.69) is 9.97 Å². The zero-order chi connectivity index (χ0) is 31.1. The second kappa shape index (κ2) is 11.7. The normalized spacial score (nSPS) is 25.4. The average Bonchev–Trinajstić information content (AvgIpc) is 3.46. The van der Waals surface area contributed by atoms with E-state index in [1.54, 1.807) is 4.90 Å². The van der Waals surface area contributed by atoms with Gasteiger partial charge in [-0.25, -0.2) is 22.4 Å². The van der Waals surface area contributed by atoms with E-state index < -0.39 is 41.5 Å². The van der Waals surface area contributed by atoms with Crippen molar-refractivity contribution in [2.75, 3.05) is 37.8 Å². The SMILES string of the molecule is CCCCOC(=O)N1[C@H]2CC[C@@]1(C)CN(c1nc(OC[C@]3(COCc4ccccc4)CC3(F)F)nc3c(F)cc(F)cc13)C2. The molecule has 3 atom stereocenters. The molecule has 1 amide bonds. The van der Waals surface area contributed by atoms with Gasteiger partial charge < -0.3 is 19.1 Å². The molecule has 3 heterocycles. The summed E-state index contributed by atoms with van der Waals surface area (Å²) in [5, 5.41) is 0.134. The summed E-state index contributed by atoms with van der Waals surface area (Å²) < 4.78 is 75.6. The molecule has 3 aromatic rings. The van der Waals surface area contributed by atoms with Gasteiger partial charge in [0.15, 0.2) is 5.82 Å². The van der Waals surface area contributed by atoms with E-state index in [0.29, 0.717) is 32.2 Å². The molecule has 0 radical (unpaired) electrons. The molecule has 0 unspecified atom stereocenters. The van der Waals surface area contributed by atoms with Crippen LogP contribution in [0.1, 0.15) is 51.5 Å². The molecule has 2 aliphatic heterocycles. The molecule has 6 rings (SSSR count). The second-order valence-electron chi connectivity index (χ2n) is 12.5. The van der Waals surface area contributed by atoms with E-state index in [4.69, 9.17) is 14.2 Å². The summed E-state index contributed by atoms with van der Waals surface area (Å²) in [5.41, 5.74) is -1.50. The number of piperazine rings is 1. The van der Waals surface area contributed by atoms with Crippen molar-refractivity contribution in [1.29, 1.82) is 0 Å². The Morgan fingerprint density at radius 1 is 1.11 bits per heavy atom. The van der Waals surface area contributed by atoms with Crippen molar-refractivity contribution in [3.8, 4) is 6.01 Å². The van der Waals surface area contributed by atoms with Crippen molar-refractivity contribution in [2.24, 2.45) is 5.41 Å². The van der Waals surface area contributed by atoms with Gasteiger partial charge in [0.25, 0.3) is 5.92 Å². The van der Waals surface area contributed by atoms with Gasteiger partial charge in [-0.05, 0) is 37.8 Å². The van der Waals surface area contributed by atoms with Crippen LogP contribution < -0.4 is 9.64 Å². The van der Waals surface area contributed by atoms with Gasteiger partial charge in [-0.1, -0.05) is 43.7 Å². The van der Waals surface area contributed by atoms with Crippen LogP contribution in [0.5, 0.6) is 6.01 Å². The fraction of sp³-hybridized carbons (Fsp3) is 0.531. The topological polar surface area (TPSA) is 77.0 Å². The molecule has 3 aliphatic rings. The minimum absolute atomic E-state index is 0.134. The second-order valence-corrected chi connectivity index (χ2v) is 12.5. The maximum Gasteiger partial charge on any atom is 0.410 e. The quantitative estimate of drug-likeness (QED) is 0.180. The van der Waals surface area contributed by atoms with Crippen LogP contribution in [0.15, 0.2) is 42.5 Å². The number of carbonyl (C=O) groups excluding carboxylic acids is 1. The third-order valence-corrected chi connectivity index (χ3v) is 9.00. The maximum absolute atomic E-state index is 15.1. The number of fused-ring (bicyclic) bond motifs is 3. The van der Waals surface area contributed by atoms with Crippen LogP contribution in [0.4, 0.5) is 28.2 Å². The average molecular weight is 617 g/mol. The van der Waals surface area contributed by atoms with Gasteiger partial charge in [0.05, 0.1) is 36.8 Å². The first-order chi connectivity index (χ1) is 21.0. The van der Waals surface area contributed by atoms with Crippen LogP contribution in [0.25, 0.3) is 10.9 Å². The molecule has 0 spiro atoms. The highest BCUT2D eigenvalue weighted by Gasteiger charge is 2.72. The largest absolute Gasteiger partial charge is 0.462 e. The number of rotatable bonds is 11. The molecule has 1 aliphatic carbocycles. The van der Waals surface area contributed by atoms with E-state index in [9.17, 15) is 18.0 Å². The van der Waals surface area contributed by atoms with Crippen LogP contribution in [0.2, 0.25) is 0 Å². The Bertz CT molecular complexity index is 1530. The van der Waals surface area contributed by atoms with E-state index in [-0.39, 0.29) is 48.1 Å². The Labute approximate surface area is 253 Å². The lowest BCUT2D eigenvalue weighted by atomic mass is 9.98. The zero-order valence-corrected chi connectivity index (χ0v) is 24.8. The molecule has 2 aromatic carbocycles. The Balaban J connectivity index is 1.23. The Hall–Kier alpha value is -3.67. The number of hydrogen-bond acceptors (Lipinski definition) is 7. The summed E-state index contributed by atoms with van der Waals surface area (Å²) in [4.78, 5) is 25.3. The van der Waals surface area contributed by atoms with Crippen LogP contribution in [-0.4, -0.2) is 71.4 Å². The van der Waals surface area contributed by atoms with Crippen molar-refractivity contribution >= 4 is 22.8 Å². The highest BCUT2D eigenvalue weighted by atomic mass is 19.3. The van der Waals surface area contributed by atoms with E-state index >= 15 is 4.39 Å². The fourth-order valence-electron chi connectivity index (χ4n) is 6.43. The van der Waals surface area contributed by atoms with Gasteiger partial charge in [0.1, 0.15) is 23.8 Å². The fourth-order valence-corrected chi connectivity index (χ4v) is 6.43. The summed E-state index contributed by atoms with van der Waals surface area (Å²) in [6, 6.07) is 10.6. The summed E-state index contributed by atoms with van der Waals surface area (Å²) >= 11 is 0. The summed E-state index contributed by atoms with van der Waals surface area (Å²) in [6.45, 7) is 4.46. The number of benzene rings is 2. The number of ether oxygens (including phenoxy) is 3. The van der Waals surface area contributed by atoms with Gasteiger partial charge in [0, 0.05) is 31.0 Å². The van der Waals surface area contributed by atoms with Crippen molar-refractivity contribution < 1.29 is 36.6 Å². The number of aromatic nitrogens is 2. The standard InChI is InChI=1S/C32H36F4N4O4/c1-3-4-12-43-29(41)40-23-10-11-30(40,2)18-39(15-23)27-24-13-22(33)14-25(34)26(24)37-28(38-27)44-20-31(17-32(31,35)36)19-42-16-21-8-6-5-7-9-21/h5-9,13-14,23H,3-4,10-12,15-20H2,1-2H3/t23-,30-,31+/m0/s1. The number of carbonyl (C=O) groups is 1. The highest BCUT2D eigenvalue weighted by molar-refractivity contribution is 5.90. The van der Waals surface area contributed by atoms with Gasteiger partial charge in [-0.15, -0.1) is 0 Å². The number of alkyl halides is 2. The van der Waals surface area contributed by atoms with Gasteiger partial charge in [-0.3, -0.25) is 4.90 Å². The van der Waals surface area contributed by atoms with Gasteiger partial charge in [-0.2, -0.15) is 9.97 Å². The van der Waals surface area contributed by atoms with Crippen molar-refractivity contribution in [3.05, 3.63) is 59.7 Å². The molecule has 1 saturated carbocycles. The predicted octanol–water partition coefficient (Wildman–Crippen LogP) is 6.51. The maximum atomic E-state index is 15.1. The molecule has 2 saturated heterocycles. The Morgan fingerprint density at radius 3 is 2.59 bits per heavy atom. The third kappa shape index (κ3) is 5.76. The van der Waals surface area contributed by atoms with Crippen LogP contribution in [0.3, 0.4) is 0 Å². The molecule has 0 N–H and O–H groups in total. The van der Waals surface area contributed by atoms with E-state index in [1.165, 1.54) is 0 Å². The third-order valence-electron chi connectivity index (χ3n) is 9.00. The lowest BCUT2D eigenvalue weighted by Crippen LogP contribution is -2.62. The first-order valence-corrected chi connectivity index (χ1v) is 15.0. The first kappa shape index (κ1) is 30.4. The Kier molecular flexibility index (Phi) is 8.06. The monoisotopic (exact) mass is 616 g/mol. The number of unbranched alkanes of at least 4 members (excludes halogenated alkanes) is 1. The highest BCUT2D eigenvalue weighted by Crippen LogP contribution is 2.60. The minimum Gasteiger partial charge on any atom is -0.462 e. The smallest absolute Gasteiger partial charge is 0.410 e. The summed E-state index contributed by atoms with van der Waals surface area (Å²) in [5.74, 6) is -4.50. The molecule has 1 aromatic heterocycles. The lowest BCUT2D eigenvalue weighted by molar-refractivity contribution is -0.0173. The van der Waals surface area contributed by atoms with Crippen LogP contribution in [0, 0.1) is 17.0 Å².